The number of hydrogen-bond donors (Lipinski definition) is 2. The Morgan fingerprint density at radius 1 is 1.05 bits per heavy atom. The Morgan fingerprint density at radius 3 is 2.24 bits per heavy atom. The number of halogens is 1. The molecule has 1 fully saturated rings. The second-order valence-electron chi connectivity index (χ2n) is 8.64. The van der Waals surface area contributed by atoms with Gasteiger partial charge in [-0.05, 0) is 29.7 Å². The number of nitrogens with zero attached hydrogens (tertiary/aromatic N) is 1. The predicted molar refractivity (Wildman–Crippen MR) is 156 cm³/mol. The van der Waals surface area contributed by atoms with Gasteiger partial charge in [-0.1, -0.05) is 72.3 Å². The zero-order chi connectivity index (χ0) is 29.0. The van der Waals surface area contributed by atoms with E-state index in [2.05, 4.69) is 21.9 Å². The van der Waals surface area contributed by atoms with E-state index in [1.54, 1.807) is 25.3 Å². The van der Waals surface area contributed by atoms with Crippen LogP contribution in [0.1, 0.15) is 71.6 Å². The van der Waals surface area contributed by atoms with Crippen LogP contribution < -0.4 is 24.4 Å². The van der Waals surface area contributed by atoms with Crippen LogP contribution in [0.3, 0.4) is 0 Å². The van der Waals surface area contributed by atoms with Crippen LogP contribution in [0.2, 0.25) is 0 Å². The van der Waals surface area contributed by atoms with Crippen LogP contribution in [0.25, 0.3) is 0 Å². The fraction of sp³-hybridized carbons (Fsp3) is 0.448. The zero-order valence-electron chi connectivity index (χ0n) is 24.1. The van der Waals surface area contributed by atoms with E-state index < -0.39 is 17.3 Å². The molecule has 1 heterocycles. The molecule has 7 nitrogen and oxygen atoms in total. The summed E-state index contributed by atoms with van der Waals surface area (Å²) in [7, 11) is 3.03. The van der Waals surface area contributed by atoms with E-state index in [1.807, 2.05) is 60.8 Å². The van der Waals surface area contributed by atoms with Gasteiger partial charge in [0.25, 0.3) is 0 Å². The van der Waals surface area contributed by atoms with Gasteiger partial charge in [-0.25, -0.2) is 9.18 Å². The lowest BCUT2D eigenvalue weighted by molar-refractivity contribution is -0.120. The molecule has 208 valence electrons. The van der Waals surface area contributed by atoms with Gasteiger partial charge in [-0.2, -0.15) is 0 Å². The van der Waals surface area contributed by atoms with Gasteiger partial charge < -0.3 is 14.2 Å². The number of nitrogens with one attached hydrogen (secondary N) is 2. The first-order valence-electron chi connectivity index (χ1n) is 12.6. The number of carbonyl (C=O) groups is 2. The third-order valence-electron chi connectivity index (χ3n) is 5.30. The predicted octanol–water partition coefficient (Wildman–Crippen LogP) is 6.73. The Labute approximate surface area is 231 Å². The molecular formula is C29H40FN3O4S. The van der Waals surface area contributed by atoms with Crippen LogP contribution in [0.4, 0.5) is 20.6 Å². The van der Waals surface area contributed by atoms with E-state index in [0.29, 0.717) is 22.6 Å². The smallest absolute Gasteiger partial charge is 0.328 e. The van der Waals surface area contributed by atoms with Gasteiger partial charge in [0.15, 0.2) is 5.82 Å². The van der Waals surface area contributed by atoms with Gasteiger partial charge in [-0.3, -0.25) is 15.0 Å². The van der Waals surface area contributed by atoms with Crippen LogP contribution >= 0.6 is 11.9 Å². The SMILES string of the molecule is CC.CC.COc1cc(C#Cc2c(F)c(N3CCC(=O)NC3=O)cc(C(C)(C)C)c2OC)ccc1NSC. The van der Waals surface area contributed by atoms with Crippen molar-refractivity contribution in [2.45, 2.75) is 60.3 Å². The monoisotopic (exact) mass is 545 g/mol. The molecule has 1 aliphatic rings. The van der Waals surface area contributed by atoms with Crippen molar-refractivity contribution in [3.63, 3.8) is 0 Å². The normalized spacial score (nSPS) is 12.6. The van der Waals surface area contributed by atoms with Gasteiger partial charge in [-0.15, -0.1) is 0 Å². The quantitative estimate of drug-likeness (QED) is 0.320. The summed E-state index contributed by atoms with van der Waals surface area (Å²) in [6.45, 7) is 14.0. The summed E-state index contributed by atoms with van der Waals surface area (Å²) < 4.78 is 30.0. The number of benzene rings is 2. The first-order chi connectivity index (χ1) is 18.1. The molecule has 0 aromatic heterocycles. The summed E-state index contributed by atoms with van der Waals surface area (Å²) >= 11 is 1.44. The fourth-order valence-corrected chi connectivity index (χ4v) is 3.99. The van der Waals surface area contributed by atoms with Gasteiger partial charge in [0.1, 0.15) is 17.1 Å². The third kappa shape index (κ3) is 7.81. The highest BCUT2D eigenvalue weighted by molar-refractivity contribution is 7.99. The molecule has 3 rings (SSSR count). The van der Waals surface area contributed by atoms with Gasteiger partial charge in [0, 0.05) is 30.3 Å². The Balaban J connectivity index is 0.00000172. The molecule has 0 atom stereocenters. The van der Waals surface area contributed by atoms with E-state index in [-0.39, 0.29) is 30.1 Å². The largest absolute Gasteiger partial charge is 0.495 e. The van der Waals surface area contributed by atoms with Gasteiger partial charge >= 0.3 is 6.03 Å². The highest BCUT2D eigenvalue weighted by atomic mass is 32.2. The van der Waals surface area contributed by atoms with Crippen LogP contribution in [0.15, 0.2) is 24.3 Å². The first kappa shape index (κ1) is 32.6. The highest BCUT2D eigenvalue weighted by Gasteiger charge is 2.32. The number of hydrogen-bond acceptors (Lipinski definition) is 6. The lowest BCUT2D eigenvalue weighted by Crippen LogP contribution is -2.50. The van der Waals surface area contributed by atoms with Crippen molar-refractivity contribution in [1.82, 2.24) is 5.32 Å². The molecule has 9 heteroatoms. The lowest BCUT2D eigenvalue weighted by atomic mass is 9.84. The van der Waals surface area contributed by atoms with Crippen LogP contribution in [0.5, 0.6) is 11.5 Å². The van der Waals surface area contributed by atoms with Crippen LogP contribution in [0, 0.1) is 17.7 Å². The maximum Gasteiger partial charge on any atom is 0.328 e. The van der Waals surface area contributed by atoms with Crippen LogP contribution in [-0.2, 0) is 10.2 Å². The van der Waals surface area contributed by atoms with Crippen molar-refractivity contribution in [3.05, 3.63) is 46.8 Å². The maximum atomic E-state index is 15.8. The minimum absolute atomic E-state index is 0.0416. The van der Waals surface area contributed by atoms with E-state index in [9.17, 15) is 9.59 Å². The van der Waals surface area contributed by atoms with E-state index in [4.69, 9.17) is 9.47 Å². The molecule has 2 N–H and O–H groups in total. The number of urea groups is 1. The molecule has 0 radical (unpaired) electrons. The number of ether oxygens (including phenoxy) is 2. The summed E-state index contributed by atoms with van der Waals surface area (Å²) in [4.78, 5) is 25.3. The summed E-state index contributed by atoms with van der Waals surface area (Å²) in [5, 5.41) is 2.24. The molecule has 0 bridgehead atoms. The molecule has 38 heavy (non-hydrogen) atoms. The fourth-order valence-electron chi connectivity index (χ4n) is 3.60. The molecule has 2 aromatic carbocycles. The Bertz CT molecular complexity index is 1180. The van der Waals surface area contributed by atoms with Crippen molar-refractivity contribution in [2.75, 3.05) is 36.6 Å². The summed E-state index contributed by atoms with van der Waals surface area (Å²) in [5.74, 6) is 5.74. The minimum Gasteiger partial charge on any atom is -0.495 e. The van der Waals surface area contributed by atoms with E-state index in [0.717, 1.165) is 5.69 Å². The topological polar surface area (TPSA) is 79.9 Å². The Kier molecular flexibility index (Phi) is 13.0. The molecule has 0 spiro atoms. The molecule has 0 unspecified atom stereocenters. The average molecular weight is 546 g/mol. The highest BCUT2D eigenvalue weighted by Crippen LogP contribution is 2.40. The standard InChI is InChI=1S/C25H28FN3O4S.2C2H6/c1-25(2,3)17-14-19(29-12-11-21(30)27-24(29)31)22(26)16(23(17)33-5)9-7-15-8-10-18(28-34-6)20(13-15)32-4;2*1-2/h8,10,13-14,28H,11-12H2,1-6H3,(H,27,30,31);2*1-2H3. The van der Waals surface area contributed by atoms with Gasteiger partial charge in [0.05, 0.1) is 25.6 Å². The number of methoxy groups -OCH3 is 2. The summed E-state index contributed by atoms with van der Waals surface area (Å²) in [6, 6.07) is 6.32. The third-order valence-corrected chi connectivity index (χ3v) is 5.72. The van der Waals surface area contributed by atoms with E-state index in [1.165, 1.54) is 24.0 Å². The van der Waals surface area contributed by atoms with Crippen molar-refractivity contribution in [1.29, 1.82) is 0 Å². The van der Waals surface area contributed by atoms with Crippen molar-refractivity contribution < 1.29 is 23.5 Å². The van der Waals surface area contributed by atoms with Crippen LogP contribution in [-0.4, -0.2) is 39.0 Å². The Hall–Kier alpha value is -3.38. The lowest BCUT2D eigenvalue weighted by Gasteiger charge is -2.30. The van der Waals surface area contributed by atoms with E-state index >= 15 is 4.39 Å². The average Bonchev–Trinajstić information content (AvgIpc) is 2.90. The number of anilines is 2. The summed E-state index contributed by atoms with van der Waals surface area (Å²) in [6.07, 6.45) is 1.99. The maximum absolute atomic E-state index is 15.8. The molecule has 1 saturated heterocycles. The molecule has 1 aliphatic heterocycles. The zero-order valence-corrected chi connectivity index (χ0v) is 24.9. The minimum atomic E-state index is -0.686. The van der Waals surface area contributed by atoms with Crippen molar-refractivity contribution in [3.8, 4) is 23.3 Å². The number of imide groups is 1. The van der Waals surface area contributed by atoms with Crippen molar-refractivity contribution >= 4 is 35.3 Å². The second-order valence-corrected chi connectivity index (χ2v) is 9.25. The molecule has 2 aromatic rings. The molecule has 3 amide bonds. The van der Waals surface area contributed by atoms with Crippen molar-refractivity contribution in [2.24, 2.45) is 0 Å². The number of rotatable bonds is 5. The number of carbonyl (C=O) groups excluding carboxylic acids is 2. The second kappa shape index (κ2) is 15.1. The number of amides is 3. The molecule has 0 saturated carbocycles. The summed E-state index contributed by atoms with van der Waals surface area (Å²) in [5.41, 5.74) is 1.77. The Morgan fingerprint density at radius 2 is 1.71 bits per heavy atom. The molecule has 0 aliphatic carbocycles. The first-order valence-corrected chi connectivity index (χ1v) is 13.8. The van der Waals surface area contributed by atoms with Gasteiger partial charge in [0.2, 0.25) is 5.91 Å². The molecular weight excluding hydrogens is 505 g/mol.